The Morgan fingerprint density at radius 2 is 1.58 bits per heavy atom. The molecule has 1 amide bonds. The largest absolute Gasteiger partial charge is 0.444 e. The molecule has 1 atom stereocenters. The van der Waals surface area contributed by atoms with Gasteiger partial charge in [-0.05, 0) is 31.9 Å². The van der Waals surface area contributed by atoms with Crippen molar-refractivity contribution in [2.45, 2.75) is 49.8 Å². The maximum atomic E-state index is 12.7. The third-order valence-corrected chi connectivity index (χ3v) is 5.57. The van der Waals surface area contributed by atoms with Crippen LogP contribution in [0.5, 0.6) is 0 Å². The summed E-state index contributed by atoms with van der Waals surface area (Å²) >= 11 is 0. The number of carbonyl (C=O) groups is 1. The van der Waals surface area contributed by atoms with Gasteiger partial charge in [0, 0.05) is 6.42 Å². The monoisotopic (exact) mass is 443 g/mol. The SMILES string of the molecule is CC(C)(C)OC(=O)N[C@H](Cc1ccccc1)c1nnc(S(=O)(=O)Cc2ccccc2)o1. The number of alkyl carbamates (subject to hydrolysis) is 1. The Bertz CT molecular complexity index is 1110. The van der Waals surface area contributed by atoms with Crippen LogP contribution in [0.4, 0.5) is 4.79 Å². The minimum absolute atomic E-state index is 0.0126. The molecular weight excluding hydrogens is 418 g/mol. The molecule has 0 spiro atoms. The molecular formula is C22H25N3O5S. The second kappa shape index (κ2) is 9.30. The number of ether oxygens (including phenoxy) is 1. The maximum Gasteiger partial charge on any atom is 0.408 e. The summed E-state index contributed by atoms with van der Waals surface area (Å²) in [6.45, 7) is 5.25. The van der Waals surface area contributed by atoms with Crippen LogP contribution in [0.2, 0.25) is 0 Å². The molecule has 3 aromatic rings. The van der Waals surface area contributed by atoms with Crippen molar-refractivity contribution in [2.75, 3.05) is 0 Å². The van der Waals surface area contributed by atoms with Crippen molar-refractivity contribution in [3.63, 3.8) is 0 Å². The third-order valence-electron chi connectivity index (χ3n) is 4.16. The predicted molar refractivity (Wildman–Crippen MR) is 114 cm³/mol. The third kappa shape index (κ3) is 6.65. The van der Waals surface area contributed by atoms with Crippen LogP contribution in [-0.2, 0) is 26.7 Å². The molecule has 0 saturated carbocycles. The average molecular weight is 444 g/mol. The Morgan fingerprint density at radius 1 is 1.00 bits per heavy atom. The van der Waals surface area contributed by atoms with Crippen LogP contribution in [0.15, 0.2) is 70.3 Å². The van der Waals surface area contributed by atoms with Gasteiger partial charge < -0.3 is 14.5 Å². The van der Waals surface area contributed by atoms with Crippen LogP contribution in [-0.4, -0.2) is 30.3 Å². The van der Waals surface area contributed by atoms with E-state index in [1.165, 1.54) is 0 Å². The molecule has 0 radical (unpaired) electrons. The van der Waals surface area contributed by atoms with Gasteiger partial charge in [0.05, 0.1) is 5.75 Å². The number of amides is 1. The number of carbonyl (C=O) groups excluding carboxylic acids is 1. The fourth-order valence-corrected chi connectivity index (χ4v) is 3.97. The van der Waals surface area contributed by atoms with Gasteiger partial charge in [-0.3, -0.25) is 0 Å². The van der Waals surface area contributed by atoms with Gasteiger partial charge in [0.15, 0.2) is 0 Å². The first-order chi connectivity index (χ1) is 14.6. The zero-order valence-corrected chi connectivity index (χ0v) is 18.4. The van der Waals surface area contributed by atoms with Crippen LogP contribution in [0.25, 0.3) is 0 Å². The Hall–Kier alpha value is -3.20. The summed E-state index contributed by atoms with van der Waals surface area (Å²) in [5.74, 6) is -0.278. The molecule has 1 aromatic heterocycles. The van der Waals surface area contributed by atoms with E-state index >= 15 is 0 Å². The van der Waals surface area contributed by atoms with E-state index in [9.17, 15) is 13.2 Å². The first-order valence-corrected chi connectivity index (χ1v) is 11.4. The molecule has 9 heteroatoms. The second-order valence-corrected chi connectivity index (χ2v) is 9.91. The van der Waals surface area contributed by atoms with E-state index < -0.39 is 32.8 Å². The van der Waals surface area contributed by atoms with Crippen molar-refractivity contribution >= 4 is 15.9 Å². The quantitative estimate of drug-likeness (QED) is 0.590. The summed E-state index contributed by atoms with van der Waals surface area (Å²) in [6.07, 6.45) is -0.346. The normalized spacial score (nSPS) is 12.9. The zero-order chi connectivity index (χ0) is 22.5. The van der Waals surface area contributed by atoms with Gasteiger partial charge in [-0.15, -0.1) is 5.10 Å². The minimum atomic E-state index is -3.84. The highest BCUT2D eigenvalue weighted by atomic mass is 32.2. The van der Waals surface area contributed by atoms with Crippen LogP contribution in [0.1, 0.15) is 43.8 Å². The summed E-state index contributed by atoms with van der Waals surface area (Å²) in [7, 11) is -3.84. The fourth-order valence-electron chi connectivity index (χ4n) is 2.84. The first-order valence-electron chi connectivity index (χ1n) is 9.76. The topological polar surface area (TPSA) is 111 Å². The number of hydrogen-bond acceptors (Lipinski definition) is 7. The van der Waals surface area contributed by atoms with Crippen molar-refractivity contribution in [1.29, 1.82) is 0 Å². The molecule has 164 valence electrons. The molecule has 31 heavy (non-hydrogen) atoms. The molecule has 2 aromatic carbocycles. The Morgan fingerprint density at radius 3 is 2.16 bits per heavy atom. The second-order valence-electron chi connectivity index (χ2n) is 8.04. The molecule has 1 N–H and O–H groups in total. The van der Waals surface area contributed by atoms with Crippen LogP contribution >= 0.6 is 0 Å². The molecule has 0 fully saturated rings. The highest BCUT2D eigenvalue weighted by Gasteiger charge is 2.28. The lowest BCUT2D eigenvalue weighted by molar-refractivity contribution is 0.0494. The molecule has 0 aliphatic rings. The minimum Gasteiger partial charge on any atom is -0.444 e. The number of hydrogen-bond donors (Lipinski definition) is 1. The Kier molecular flexibility index (Phi) is 6.74. The molecule has 1 heterocycles. The van der Waals surface area contributed by atoms with E-state index in [0.29, 0.717) is 12.0 Å². The number of benzene rings is 2. The van der Waals surface area contributed by atoms with Gasteiger partial charge in [0.25, 0.3) is 0 Å². The van der Waals surface area contributed by atoms with Gasteiger partial charge in [0.2, 0.25) is 15.7 Å². The fraction of sp³-hybridized carbons (Fsp3) is 0.318. The Balaban J connectivity index is 1.83. The predicted octanol–water partition coefficient (Wildman–Crippen LogP) is 3.85. The van der Waals surface area contributed by atoms with Crippen LogP contribution < -0.4 is 5.32 Å². The first kappa shape index (κ1) is 22.5. The van der Waals surface area contributed by atoms with E-state index in [-0.39, 0.29) is 11.6 Å². The molecule has 0 aliphatic heterocycles. The maximum absolute atomic E-state index is 12.7. The number of rotatable bonds is 7. The number of nitrogens with zero attached hydrogens (tertiary/aromatic N) is 2. The number of nitrogens with one attached hydrogen (secondary N) is 1. The standard InChI is InChI=1S/C22H25N3O5S/c1-22(2,3)30-20(26)23-18(14-16-10-6-4-7-11-16)19-24-25-21(29-19)31(27,28)15-17-12-8-5-9-13-17/h4-13,18H,14-15H2,1-3H3,(H,23,26)/t18-/m1/s1. The van der Waals surface area contributed by atoms with Crippen molar-refractivity contribution in [1.82, 2.24) is 15.5 Å². The molecule has 3 rings (SSSR count). The number of aromatic nitrogens is 2. The van der Waals surface area contributed by atoms with E-state index in [4.69, 9.17) is 9.15 Å². The van der Waals surface area contributed by atoms with Gasteiger partial charge in [-0.1, -0.05) is 65.8 Å². The van der Waals surface area contributed by atoms with E-state index in [1.807, 2.05) is 30.3 Å². The highest BCUT2D eigenvalue weighted by molar-refractivity contribution is 7.90. The van der Waals surface area contributed by atoms with E-state index in [2.05, 4.69) is 15.5 Å². The van der Waals surface area contributed by atoms with Gasteiger partial charge in [-0.2, -0.15) is 0 Å². The van der Waals surface area contributed by atoms with Crippen LogP contribution in [0, 0.1) is 0 Å². The van der Waals surface area contributed by atoms with E-state index in [0.717, 1.165) is 5.56 Å². The summed E-state index contributed by atoms with van der Waals surface area (Å²) in [5, 5.41) is 9.85. The highest BCUT2D eigenvalue weighted by Crippen LogP contribution is 2.22. The zero-order valence-electron chi connectivity index (χ0n) is 17.6. The van der Waals surface area contributed by atoms with Crippen molar-refractivity contribution in [3.8, 4) is 0 Å². The van der Waals surface area contributed by atoms with Gasteiger partial charge >= 0.3 is 11.3 Å². The summed E-state index contributed by atoms with van der Waals surface area (Å²) in [4.78, 5) is 12.3. The smallest absolute Gasteiger partial charge is 0.408 e. The lowest BCUT2D eigenvalue weighted by atomic mass is 10.1. The Labute approximate surface area is 181 Å². The average Bonchev–Trinajstić information content (AvgIpc) is 3.18. The van der Waals surface area contributed by atoms with Gasteiger partial charge in [-0.25, -0.2) is 13.2 Å². The van der Waals surface area contributed by atoms with E-state index in [1.54, 1.807) is 51.1 Å². The molecule has 8 nitrogen and oxygen atoms in total. The number of sulfone groups is 1. The molecule has 0 saturated heterocycles. The molecule has 0 aliphatic carbocycles. The lowest BCUT2D eigenvalue weighted by Gasteiger charge is -2.22. The van der Waals surface area contributed by atoms with Crippen molar-refractivity contribution < 1.29 is 22.4 Å². The van der Waals surface area contributed by atoms with Gasteiger partial charge in [0.1, 0.15) is 11.6 Å². The summed E-state index contributed by atoms with van der Waals surface area (Å²) in [5.41, 5.74) is 0.811. The molecule has 0 bridgehead atoms. The van der Waals surface area contributed by atoms with Crippen LogP contribution in [0.3, 0.4) is 0 Å². The lowest BCUT2D eigenvalue weighted by Crippen LogP contribution is -2.36. The van der Waals surface area contributed by atoms with Crippen molar-refractivity contribution in [3.05, 3.63) is 77.7 Å². The molecule has 0 unspecified atom stereocenters. The summed E-state index contributed by atoms with van der Waals surface area (Å²) < 4.78 is 36.2. The summed E-state index contributed by atoms with van der Waals surface area (Å²) in [6, 6.07) is 17.3. The van der Waals surface area contributed by atoms with Crippen molar-refractivity contribution in [2.24, 2.45) is 0 Å².